The molecule has 1 aromatic rings. The number of hydrogen-bond acceptors (Lipinski definition) is 5. The topological polar surface area (TPSA) is 102 Å². The molecular formula is C18H27N6+. The molecule has 1 fully saturated rings. The van der Waals surface area contributed by atoms with E-state index >= 15 is 0 Å². The zero-order valence-electron chi connectivity index (χ0n) is 14.0. The second-order valence-corrected chi connectivity index (χ2v) is 7.17. The predicted molar refractivity (Wildman–Crippen MR) is 101 cm³/mol. The summed E-state index contributed by atoms with van der Waals surface area (Å²) >= 11 is 0. The lowest BCUT2D eigenvalue weighted by atomic mass is 9.90. The third kappa shape index (κ3) is 3.21. The highest BCUT2D eigenvalue weighted by atomic mass is 15.2. The molecular weight excluding hydrogens is 300 g/mol. The zero-order valence-corrected chi connectivity index (χ0v) is 14.0. The number of unbranched alkanes of at least 4 members (excludes halogenated alkanes) is 1. The van der Waals surface area contributed by atoms with Crippen molar-refractivity contribution in [3.63, 3.8) is 0 Å². The van der Waals surface area contributed by atoms with E-state index in [0.717, 1.165) is 67.8 Å². The Morgan fingerprint density at radius 3 is 2.92 bits per heavy atom. The van der Waals surface area contributed by atoms with Crippen molar-refractivity contribution < 1.29 is 0 Å². The van der Waals surface area contributed by atoms with Gasteiger partial charge in [0.05, 0.1) is 24.0 Å². The summed E-state index contributed by atoms with van der Waals surface area (Å²) in [4.78, 5) is 0. The van der Waals surface area contributed by atoms with Gasteiger partial charge < -0.3 is 22.1 Å². The van der Waals surface area contributed by atoms with Crippen LogP contribution in [0.4, 0.5) is 17.1 Å². The maximum atomic E-state index is 6.05. The SMILES string of the molecule is Nc1ccc2c(c1)NC(CCCCC1=[N+]=C3CCC(N)CC3N1)N2. The van der Waals surface area contributed by atoms with Gasteiger partial charge in [0, 0.05) is 24.6 Å². The Morgan fingerprint density at radius 1 is 1.12 bits per heavy atom. The number of hydrogen-bond donors (Lipinski definition) is 5. The second kappa shape index (κ2) is 6.38. The number of amidine groups is 1. The summed E-state index contributed by atoms with van der Waals surface area (Å²) in [5.41, 5.74) is 16.2. The van der Waals surface area contributed by atoms with E-state index in [2.05, 4.69) is 16.0 Å². The molecule has 2 aliphatic heterocycles. The molecule has 2 heterocycles. The van der Waals surface area contributed by atoms with Crippen LogP contribution < -0.4 is 32.1 Å². The lowest BCUT2D eigenvalue weighted by Gasteiger charge is -2.19. The van der Waals surface area contributed by atoms with Crippen LogP contribution in [0.15, 0.2) is 18.2 Å². The minimum absolute atomic E-state index is 0.301. The molecule has 3 aliphatic rings. The molecule has 1 aliphatic carbocycles. The molecule has 1 aromatic carbocycles. The fourth-order valence-corrected chi connectivity index (χ4v) is 3.88. The number of rotatable bonds is 5. The zero-order chi connectivity index (χ0) is 16.5. The molecule has 6 nitrogen and oxygen atoms in total. The van der Waals surface area contributed by atoms with Gasteiger partial charge >= 0.3 is 5.84 Å². The molecule has 7 N–H and O–H groups in total. The molecule has 4 rings (SSSR count). The van der Waals surface area contributed by atoms with Crippen LogP contribution in [0.3, 0.4) is 0 Å². The average molecular weight is 327 g/mol. The molecule has 24 heavy (non-hydrogen) atoms. The molecule has 128 valence electrons. The minimum atomic E-state index is 0.301. The van der Waals surface area contributed by atoms with Crippen molar-refractivity contribution in [1.82, 2.24) is 9.98 Å². The molecule has 0 saturated heterocycles. The number of nitrogens with one attached hydrogen (secondary N) is 3. The molecule has 1 saturated carbocycles. The predicted octanol–water partition coefficient (Wildman–Crippen LogP) is 1.38. The molecule has 0 amide bonds. The summed E-state index contributed by atoms with van der Waals surface area (Å²) in [5.74, 6) is 1.16. The normalized spacial score (nSPS) is 27.3. The lowest BCUT2D eigenvalue weighted by Crippen LogP contribution is -2.43. The number of fused-ring (bicyclic) bond motifs is 2. The Hall–Kier alpha value is -2.17. The fraction of sp³-hybridized carbons (Fsp3) is 0.556. The Balaban J connectivity index is 1.21. The summed E-state index contributed by atoms with van der Waals surface area (Å²) in [6, 6.07) is 6.70. The van der Waals surface area contributed by atoms with Gasteiger partial charge in [-0.15, -0.1) is 0 Å². The highest BCUT2D eigenvalue weighted by Crippen LogP contribution is 2.31. The van der Waals surface area contributed by atoms with Crippen molar-refractivity contribution in [3.8, 4) is 0 Å². The van der Waals surface area contributed by atoms with Crippen LogP contribution >= 0.6 is 0 Å². The molecule has 0 bridgehead atoms. The Morgan fingerprint density at radius 2 is 2.00 bits per heavy atom. The summed E-state index contributed by atoms with van der Waals surface area (Å²) in [7, 11) is 0. The number of nitrogen functional groups attached to an aromatic ring is 1. The third-order valence-electron chi connectivity index (χ3n) is 5.19. The third-order valence-corrected chi connectivity index (χ3v) is 5.19. The van der Waals surface area contributed by atoms with Gasteiger partial charge in [0.2, 0.25) is 5.71 Å². The summed E-state index contributed by atoms with van der Waals surface area (Å²) < 4.78 is 4.78. The van der Waals surface area contributed by atoms with E-state index in [4.69, 9.17) is 16.1 Å². The van der Waals surface area contributed by atoms with Crippen molar-refractivity contribution in [2.45, 2.75) is 63.2 Å². The summed E-state index contributed by atoms with van der Waals surface area (Å²) in [6.07, 6.45) is 7.89. The first-order valence-corrected chi connectivity index (χ1v) is 9.05. The van der Waals surface area contributed by atoms with Gasteiger partial charge in [-0.3, -0.25) is 5.32 Å². The minimum Gasteiger partial charge on any atom is -0.399 e. The molecule has 3 atom stereocenters. The first-order valence-electron chi connectivity index (χ1n) is 9.05. The number of nitrogens with zero attached hydrogens (tertiary/aromatic N) is 1. The number of nitrogens with two attached hydrogens (primary N) is 2. The highest BCUT2D eigenvalue weighted by Gasteiger charge is 2.37. The van der Waals surface area contributed by atoms with E-state index in [1.165, 1.54) is 5.71 Å². The smallest absolute Gasteiger partial charge is 0.343 e. The van der Waals surface area contributed by atoms with E-state index in [0.29, 0.717) is 18.2 Å². The second-order valence-electron chi connectivity index (χ2n) is 7.17. The van der Waals surface area contributed by atoms with Crippen LogP contribution in [0.25, 0.3) is 0 Å². The van der Waals surface area contributed by atoms with E-state index in [-0.39, 0.29) is 0 Å². The first-order chi connectivity index (χ1) is 11.7. The first kappa shape index (κ1) is 15.4. The van der Waals surface area contributed by atoms with Gasteiger partial charge in [-0.2, -0.15) is 0 Å². The molecule has 0 aromatic heterocycles. The Labute approximate surface area is 142 Å². The van der Waals surface area contributed by atoms with Crippen LogP contribution in [0.5, 0.6) is 0 Å². The van der Waals surface area contributed by atoms with Gasteiger partial charge in [0.25, 0.3) is 0 Å². The molecule has 0 radical (unpaired) electrons. The highest BCUT2D eigenvalue weighted by molar-refractivity contribution is 6.02. The Kier molecular flexibility index (Phi) is 4.08. The van der Waals surface area contributed by atoms with Gasteiger partial charge in [0.1, 0.15) is 0 Å². The van der Waals surface area contributed by atoms with Crippen LogP contribution in [-0.2, 0) is 0 Å². The van der Waals surface area contributed by atoms with Crippen molar-refractivity contribution in [2.24, 2.45) is 5.73 Å². The van der Waals surface area contributed by atoms with Gasteiger partial charge in [-0.1, -0.05) is 0 Å². The standard InChI is InChI=1S/C18H26N6/c19-11-5-7-13-15(9-11)23-17(21-13)3-1-2-4-18-22-14-8-6-12(20)10-16(14)24-18/h5,7,9,12,16-17,21,23H,1-4,6,8,10,19-20H2/p+1. The van der Waals surface area contributed by atoms with E-state index < -0.39 is 0 Å². The van der Waals surface area contributed by atoms with Crippen LogP contribution in [0.2, 0.25) is 0 Å². The van der Waals surface area contributed by atoms with E-state index in [9.17, 15) is 0 Å². The van der Waals surface area contributed by atoms with Crippen molar-refractivity contribution in [1.29, 1.82) is 0 Å². The van der Waals surface area contributed by atoms with Crippen LogP contribution in [0.1, 0.15) is 44.9 Å². The monoisotopic (exact) mass is 327 g/mol. The molecule has 3 unspecified atom stereocenters. The van der Waals surface area contributed by atoms with Crippen molar-refractivity contribution in [3.05, 3.63) is 18.2 Å². The van der Waals surface area contributed by atoms with Crippen molar-refractivity contribution >= 4 is 28.6 Å². The number of benzene rings is 1. The lowest BCUT2D eigenvalue weighted by molar-refractivity contribution is 0.504. The van der Waals surface area contributed by atoms with Crippen molar-refractivity contribution in [2.75, 3.05) is 16.4 Å². The fourth-order valence-electron chi connectivity index (χ4n) is 3.88. The van der Waals surface area contributed by atoms with Gasteiger partial charge in [0.15, 0.2) is 6.04 Å². The van der Waals surface area contributed by atoms with Crippen LogP contribution in [0, 0.1) is 0 Å². The number of anilines is 3. The average Bonchev–Trinajstić information content (AvgIpc) is 3.13. The van der Waals surface area contributed by atoms with E-state index in [1.54, 1.807) is 0 Å². The summed E-state index contributed by atoms with van der Waals surface area (Å²) in [6.45, 7) is 0. The maximum absolute atomic E-state index is 6.05. The van der Waals surface area contributed by atoms with Gasteiger partial charge in [-0.05, 0) is 43.9 Å². The summed E-state index contributed by atoms with van der Waals surface area (Å²) in [5, 5.41) is 10.6. The Bertz CT molecular complexity index is 691. The maximum Gasteiger partial charge on any atom is 0.343 e. The van der Waals surface area contributed by atoms with Gasteiger partial charge in [-0.25, -0.2) is 4.67 Å². The molecule has 0 spiro atoms. The van der Waals surface area contributed by atoms with E-state index in [1.807, 2.05) is 18.2 Å². The largest absolute Gasteiger partial charge is 0.399 e. The molecule has 6 heteroatoms. The quantitative estimate of drug-likeness (QED) is 0.319. The van der Waals surface area contributed by atoms with Crippen LogP contribution in [-0.4, -0.2) is 29.8 Å².